The van der Waals surface area contributed by atoms with Crippen molar-refractivity contribution in [3.8, 4) is 0 Å². The number of Topliss-reactive ketones (excluding diaryl/α,β-unsaturated/α-hetero) is 1. The first-order chi connectivity index (χ1) is 10.3. The van der Waals surface area contributed by atoms with E-state index in [0.717, 1.165) is 0 Å². The van der Waals surface area contributed by atoms with Gasteiger partial charge in [0.1, 0.15) is 0 Å². The molecule has 0 fully saturated rings. The van der Waals surface area contributed by atoms with E-state index in [-0.39, 0.29) is 26.1 Å². The number of carbonyl (C=O) groups is 1. The van der Waals surface area contributed by atoms with Crippen molar-refractivity contribution < 1.29 is 13.2 Å². The Balaban J connectivity index is 2.25. The van der Waals surface area contributed by atoms with E-state index in [1.807, 2.05) is 0 Å². The standard InChI is InChI=1S/C14H10BrCl2NO3S/c15-8-14(19)9-1-3-10(4-2-9)18-22(20,21)11-5-6-12(16)13(17)7-11/h1-7,18H,8H2. The van der Waals surface area contributed by atoms with Gasteiger partial charge in [-0.3, -0.25) is 9.52 Å². The highest BCUT2D eigenvalue weighted by Gasteiger charge is 2.16. The van der Waals surface area contributed by atoms with Crippen molar-refractivity contribution in [1.29, 1.82) is 0 Å². The summed E-state index contributed by atoms with van der Waals surface area (Å²) in [6.45, 7) is 0. The molecule has 0 aliphatic rings. The van der Waals surface area contributed by atoms with E-state index in [1.54, 1.807) is 12.1 Å². The lowest BCUT2D eigenvalue weighted by Crippen LogP contribution is -2.13. The molecule has 0 aliphatic heterocycles. The van der Waals surface area contributed by atoms with E-state index in [2.05, 4.69) is 20.7 Å². The van der Waals surface area contributed by atoms with Crippen molar-refractivity contribution in [3.05, 3.63) is 58.1 Å². The monoisotopic (exact) mass is 421 g/mol. The van der Waals surface area contributed by atoms with Gasteiger partial charge in [-0.25, -0.2) is 8.42 Å². The molecule has 0 saturated carbocycles. The van der Waals surface area contributed by atoms with Crippen LogP contribution in [0.25, 0.3) is 0 Å². The maximum atomic E-state index is 12.3. The zero-order valence-corrected chi connectivity index (χ0v) is 14.9. The Morgan fingerprint density at radius 3 is 2.23 bits per heavy atom. The molecule has 116 valence electrons. The lowest BCUT2D eigenvalue weighted by molar-refractivity contribution is 0.102. The van der Waals surface area contributed by atoms with Gasteiger partial charge in [-0.1, -0.05) is 39.1 Å². The third-order valence-corrected chi connectivity index (χ3v) is 5.41. The first kappa shape index (κ1) is 17.3. The van der Waals surface area contributed by atoms with Crippen LogP contribution >= 0.6 is 39.1 Å². The van der Waals surface area contributed by atoms with Crippen molar-refractivity contribution >= 4 is 60.6 Å². The van der Waals surface area contributed by atoms with E-state index in [9.17, 15) is 13.2 Å². The second kappa shape index (κ2) is 7.00. The number of ketones is 1. The molecule has 0 heterocycles. The maximum absolute atomic E-state index is 12.3. The molecule has 8 heteroatoms. The molecule has 2 rings (SSSR count). The number of rotatable bonds is 5. The Morgan fingerprint density at radius 2 is 1.68 bits per heavy atom. The number of benzene rings is 2. The summed E-state index contributed by atoms with van der Waals surface area (Å²) in [6, 6.07) is 10.2. The summed E-state index contributed by atoms with van der Waals surface area (Å²) in [4.78, 5) is 11.5. The average molecular weight is 423 g/mol. The van der Waals surface area contributed by atoms with Crippen molar-refractivity contribution in [2.75, 3.05) is 10.1 Å². The Labute approximate surface area is 146 Å². The Morgan fingerprint density at radius 1 is 1.05 bits per heavy atom. The van der Waals surface area contributed by atoms with Crippen LogP contribution in [0.3, 0.4) is 0 Å². The van der Waals surface area contributed by atoms with Crippen LogP contribution in [0.5, 0.6) is 0 Å². The average Bonchev–Trinajstić information content (AvgIpc) is 2.49. The summed E-state index contributed by atoms with van der Waals surface area (Å²) in [5, 5.41) is 0.641. The van der Waals surface area contributed by atoms with Crippen molar-refractivity contribution in [1.82, 2.24) is 0 Å². The predicted molar refractivity (Wildman–Crippen MR) is 91.8 cm³/mol. The molecule has 4 nitrogen and oxygen atoms in total. The van der Waals surface area contributed by atoms with E-state index in [1.165, 1.54) is 30.3 Å². The van der Waals surface area contributed by atoms with Gasteiger partial charge in [0.15, 0.2) is 5.78 Å². The number of nitrogens with one attached hydrogen (secondary N) is 1. The molecular weight excluding hydrogens is 413 g/mol. The summed E-state index contributed by atoms with van der Waals surface area (Å²) in [7, 11) is -3.78. The molecule has 0 unspecified atom stereocenters. The highest BCUT2D eigenvalue weighted by molar-refractivity contribution is 9.09. The largest absolute Gasteiger partial charge is 0.293 e. The van der Waals surface area contributed by atoms with Crippen molar-refractivity contribution in [3.63, 3.8) is 0 Å². The van der Waals surface area contributed by atoms with Crippen LogP contribution in [0, 0.1) is 0 Å². The van der Waals surface area contributed by atoms with Crippen LogP contribution in [-0.4, -0.2) is 19.5 Å². The molecule has 0 atom stereocenters. The molecule has 1 N–H and O–H groups in total. The molecule has 22 heavy (non-hydrogen) atoms. The summed E-state index contributed by atoms with van der Waals surface area (Å²) in [5.74, 6) is -0.0844. The highest BCUT2D eigenvalue weighted by atomic mass is 79.9. The third kappa shape index (κ3) is 4.01. The van der Waals surface area contributed by atoms with E-state index in [4.69, 9.17) is 23.2 Å². The fourth-order valence-electron chi connectivity index (χ4n) is 1.66. The van der Waals surface area contributed by atoms with Gasteiger partial charge in [0.05, 0.1) is 20.3 Å². The van der Waals surface area contributed by atoms with Gasteiger partial charge in [-0.05, 0) is 42.5 Å². The minimum Gasteiger partial charge on any atom is -0.293 e. The quantitative estimate of drug-likeness (QED) is 0.574. The minimum absolute atomic E-state index is 0.00233. The molecule has 0 aromatic heterocycles. The van der Waals surface area contributed by atoms with Crippen LogP contribution in [0.2, 0.25) is 10.0 Å². The van der Waals surface area contributed by atoms with Crippen LogP contribution in [0.15, 0.2) is 47.4 Å². The van der Waals surface area contributed by atoms with Crippen LogP contribution in [0.1, 0.15) is 10.4 Å². The fourth-order valence-corrected chi connectivity index (χ4v) is 3.43. The van der Waals surface area contributed by atoms with Crippen LogP contribution < -0.4 is 4.72 Å². The van der Waals surface area contributed by atoms with Gasteiger partial charge in [0.2, 0.25) is 0 Å². The minimum atomic E-state index is -3.78. The molecule has 0 amide bonds. The third-order valence-electron chi connectivity index (χ3n) is 2.78. The molecule has 0 saturated heterocycles. The van der Waals surface area contributed by atoms with Crippen molar-refractivity contribution in [2.45, 2.75) is 4.90 Å². The number of alkyl halides is 1. The fraction of sp³-hybridized carbons (Fsp3) is 0.0714. The molecule has 0 spiro atoms. The highest BCUT2D eigenvalue weighted by Crippen LogP contribution is 2.26. The number of carbonyl (C=O) groups excluding carboxylic acids is 1. The smallest absolute Gasteiger partial charge is 0.261 e. The van der Waals surface area contributed by atoms with Gasteiger partial charge in [0, 0.05) is 11.3 Å². The summed E-state index contributed by atoms with van der Waals surface area (Å²) >= 11 is 14.7. The normalized spacial score (nSPS) is 11.2. The molecule has 2 aromatic carbocycles. The molecule has 2 aromatic rings. The molecule has 0 bridgehead atoms. The van der Waals surface area contributed by atoms with Crippen molar-refractivity contribution in [2.24, 2.45) is 0 Å². The number of hydrogen-bond acceptors (Lipinski definition) is 3. The van der Waals surface area contributed by atoms with Crippen LogP contribution in [0.4, 0.5) is 5.69 Å². The second-order valence-corrected chi connectivity index (χ2v) is 7.37. The van der Waals surface area contributed by atoms with Gasteiger partial charge in [-0.15, -0.1) is 0 Å². The lowest BCUT2D eigenvalue weighted by atomic mass is 10.1. The van der Waals surface area contributed by atoms with E-state index >= 15 is 0 Å². The van der Waals surface area contributed by atoms with Crippen LogP contribution in [-0.2, 0) is 10.0 Å². The topological polar surface area (TPSA) is 63.2 Å². The summed E-state index contributed by atoms with van der Waals surface area (Å²) in [6.07, 6.45) is 0. The Bertz CT molecular complexity index is 807. The Kier molecular flexibility index (Phi) is 5.50. The molecular formula is C14H10BrCl2NO3S. The van der Waals surface area contributed by atoms with Gasteiger partial charge in [0.25, 0.3) is 10.0 Å². The van der Waals surface area contributed by atoms with Gasteiger partial charge < -0.3 is 0 Å². The SMILES string of the molecule is O=C(CBr)c1ccc(NS(=O)(=O)c2ccc(Cl)c(Cl)c2)cc1. The Hall–Kier alpha value is -1.08. The second-order valence-electron chi connectivity index (χ2n) is 4.32. The first-order valence-corrected chi connectivity index (χ1v) is 9.36. The predicted octanol–water partition coefficient (Wildman–Crippen LogP) is 4.37. The number of anilines is 1. The number of sulfonamides is 1. The maximum Gasteiger partial charge on any atom is 0.261 e. The molecule has 0 aliphatic carbocycles. The zero-order chi connectivity index (χ0) is 16.3. The summed E-state index contributed by atoms with van der Waals surface area (Å²) in [5.41, 5.74) is 0.839. The lowest BCUT2D eigenvalue weighted by Gasteiger charge is -2.09. The number of hydrogen-bond donors (Lipinski definition) is 1. The van der Waals surface area contributed by atoms with E-state index < -0.39 is 10.0 Å². The van der Waals surface area contributed by atoms with Gasteiger partial charge in [-0.2, -0.15) is 0 Å². The van der Waals surface area contributed by atoms with E-state index in [0.29, 0.717) is 11.3 Å². The molecule has 0 radical (unpaired) electrons. The summed E-state index contributed by atoms with van der Waals surface area (Å²) < 4.78 is 26.9. The first-order valence-electron chi connectivity index (χ1n) is 6.00. The number of halogens is 3. The van der Waals surface area contributed by atoms with Gasteiger partial charge >= 0.3 is 0 Å². The zero-order valence-electron chi connectivity index (χ0n) is 11.0.